The molecule has 7 heteroatoms. The second-order valence-electron chi connectivity index (χ2n) is 3.99. The first-order valence-electron chi connectivity index (χ1n) is 5.65. The van der Waals surface area contributed by atoms with Gasteiger partial charge in [-0.15, -0.1) is 0 Å². The molecule has 0 unspecified atom stereocenters. The Hall–Kier alpha value is -2.28. The van der Waals surface area contributed by atoms with E-state index < -0.39 is 15.8 Å². The van der Waals surface area contributed by atoms with Crippen molar-refractivity contribution in [2.75, 3.05) is 17.6 Å². The Bertz CT molecular complexity index is 732. The lowest BCUT2D eigenvalue weighted by molar-refractivity contribution is 0.403. The SMILES string of the molecule is COc1ccccc1S(=O)(=O)Nc1ccc(F)c(N)c1. The van der Waals surface area contributed by atoms with Crippen LogP contribution in [0.15, 0.2) is 47.4 Å². The van der Waals surface area contributed by atoms with E-state index in [0.717, 1.165) is 6.07 Å². The lowest BCUT2D eigenvalue weighted by Gasteiger charge is -2.11. The average molecular weight is 296 g/mol. The van der Waals surface area contributed by atoms with Crippen molar-refractivity contribution >= 4 is 21.4 Å². The zero-order valence-electron chi connectivity index (χ0n) is 10.6. The number of nitrogens with two attached hydrogens (primary N) is 1. The average Bonchev–Trinajstić information content (AvgIpc) is 2.42. The fourth-order valence-electron chi connectivity index (χ4n) is 1.66. The summed E-state index contributed by atoms with van der Waals surface area (Å²) in [6, 6.07) is 9.78. The number of hydrogen-bond donors (Lipinski definition) is 2. The van der Waals surface area contributed by atoms with E-state index in [4.69, 9.17) is 10.5 Å². The molecular formula is C13H13FN2O3S. The summed E-state index contributed by atoms with van der Waals surface area (Å²) in [5.74, 6) is -0.389. The fraction of sp³-hybridized carbons (Fsp3) is 0.0769. The summed E-state index contributed by atoms with van der Waals surface area (Å²) in [4.78, 5) is -0.00889. The number of hydrogen-bond acceptors (Lipinski definition) is 4. The number of halogens is 1. The van der Waals surface area contributed by atoms with Crippen molar-refractivity contribution in [1.82, 2.24) is 0 Å². The first-order chi connectivity index (χ1) is 9.44. The zero-order valence-corrected chi connectivity index (χ0v) is 11.4. The van der Waals surface area contributed by atoms with Crippen molar-refractivity contribution in [1.29, 1.82) is 0 Å². The molecular weight excluding hydrogens is 283 g/mol. The number of sulfonamides is 1. The van der Waals surface area contributed by atoms with Gasteiger partial charge in [0.25, 0.3) is 10.0 Å². The van der Waals surface area contributed by atoms with E-state index in [-0.39, 0.29) is 22.0 Å². The summed E-state index contributed by atoms with van der Waals surface area (Å²) < 4.78 is 44.9. The van der Waals surface area contributed by atoms with Crippen LogP contribution in [0.3, 0.4) is 0 Å². The van der Waals surface area contributed by atoms with Gasteiger partial charge in [-0.05, 0) is 30.3 Å². The maximum absolute atomic E-state index is 13.1. The molecule has 0 atom stereocenters. The highest BCUT2D eigenvalue weighted by Gasteiger charge is 2.19. The standard InChI is InChI=1S/C13H13FN2O3S/c1-19-12-4-2-3-5-13(12)20(17,18)16-9-6-7-10(14)11(15)8-9/h2-8,16H,15H2,1H3. The highest BCUT2D eigenvalue weighted by atomic mass is 32.2. The third-order valence-electron chi connectivity index (χ3n) is 2.61. The molecule has 2 aromatic rings. The number of para-hydroxylation sites is 1. The quantitative estimate of drug-likeness (QED) is 0.848. The van der Waals surface area contributed by atoms with Crippen molar-refractivity contribution in [2.24, 2.45) is 0 Å². The predicted molar refractivity (Wildman–Crippen MR) is 74.6 cm³/mol. The Labute approximate surface area is 116 Å². The van der Waals surface area contributed by atoms with Crippen LogP contribution in [-0.4, -0.2) is 15.5 Å². The van der Waals surface area contributed by atoms with Gasteiger partial charge in [0.05, 0.1) is 18.5 Å². The maximum atomic E-state index is 13.1. The molecule has 0 aliphatic carbocycles. The molecule has 3 N–H and O–H groups in total. The van der Waals surface area contributed by atoms with Gasteiger partial charge in [-0.1, -0.05) is 12.1 Å². The van der Waals surface area contributed by atoms with E-state index in [1.54, 1.807) is 12.1 Å². The van der Waals surface area contributed by atoms with E-state index in [9.17, 15) is 12.8 Å². The van der Waals surface area contributed by atoms with Crippen LogP contribution in [0.4, 0.5) is 15.8 Å². The molecule has 106 valence electrons. The van der Waals surface area contributed by atoms with Crippen LogP contribution in [0, 0.1) is 5.82 Å². The van der Waals surface area contributed by atoms with Crippen LogP contribution in [0.5, 0.6) is 5.75 Å². The van der Waals surface area contributed by atoms with Gasteiger partial charge in [0, 0.05) is 0 Å². The molecule has 0 aromatic heterocycles. The maximum Gasteiger partial charge on any atom is 0.265 e. The van der Waals surface area contributed by atoms with Gasteiger partial charge in [0.2, 0.25) is 0 Å². The summed E-state index contributed by atoms with van der Waals surface area (Å²) in [6.45, 7) is 0. The predicted octanol–water partition coefficient (Wildman–Crippen LogP) is 2.22. The molecule has 2 aromatic carbocycles. The lowest BCUT2D eigenvalue weighted by Crippen LogP contribution is -2.14. The molecule has 0 amide bonds. The molecule has 0 bridgehead atoms. The highest BCUT2D eigenvalue weighted by Crippen LogP contribution is 2.26. The van der Waals surface area contributed by atoms with Crippen molar-refractivity contribution in [2.45, 2.75) is 4.90 Å². The van der Waals surface area contributed by atoms with Crippen LogP contribution < -0.4 is 15.2 Å². The van der Waals surface area contributed by atoms with E-state index in [2.05, 4.69) is 4.72 Å². The number of methoxy groups -OCH3 is 1. The molecule has 2 rings (SSSR count). The minimum atomic E-state index is -3.84. The van der Waals surface area contributed by atoms with Gasteiger partial charge in [0.1, 0.15) is 16.5 Å². The Morgan fingerprint density at radius 3 is 2.55 bits per heavy atom. The number of benzene rings is 2. The van der Waals surface area contributed by atoms with Crippen molar-refractivity contribution in [3.05, 3.63) is 48.3 Å². The van der Waals surface area contributed by atoms with Crippen LogP contribution >= 0.6 is 0 Å². The van der Waals surface area contributed by atoms with Crippen molar-refractivity contribution in [3.8, 4) is 5.75 Å². The molecule has 0 aliphatic heterocycles. The number of rotatable bonds is 4. The summed E-state index contributed by atoms with van der Waals surface area (Å²) >= 11 is 0. The topological polar surface area (TPSA) is 81.4 Å². The van der Waals surface area contributed by atoms with E-state index in [1.165, 1.54) is 31.4 Å². The largest absolute Gasteiger partial charge is 0.495 e. The van der Waals surface area contributed by atoms with E-state index in [0.29, 0.717) is 0 Å². The van der Waals surface area contributed by atoms with Crippen molar-refractivity contribution in [3.63, 3.8) is 0 Å². The fourth-order valence-corrected chi connectivity index (χ4v) is 2.88. The highest BCUT2D eigenvalue weighted by molar-refractivity contribution is 7.92. The van der Waals surface area contributed by atoms with Gasteiger partial charge in [-0.2, -0.15) is 0 Å². The number of anilines is 2. The molecule has 0 fully saturated rings. The Morgan fingerprint density at radius 1 is 1.20 bits per heavy atom. The lowest BCUT2D eigenvalue weighted by atomic mass is 10.3. The third-order valence-corrected chi connectivity index (χ3v) is 4.03. The molecule has 0 spiro atoms. The van der Waals surface area contributed by atoms with Gasteiger partial charge < -0.3 is 10.5 Å². The molecule has 0 radical (unpaired) electrons. The zero-order chi connectivity index (χ0) is 14.8. The first-order valence-corrected chi connectivity index (χ1v) is 7.13. The number of nitrogen functional groups attached to an aromatic ring is 1. The minimum absolute atomic E-state index is 0.00889. The molecule has 0 heterocycles. The summed E-state index contributed by atoms with van der Waals surface area (Å²) in [7, 11) is -2.46. The second kappa shape index (κ2) is 5.38. The number of ether oxygens (including phenoxy) is 1. The summed E-state index contributed by atoms with van der Waals surface area (Å²) in [5.41, 5.74) is 5.44. The van der Waals surface area contributed by atoms with Gasteiger partial charge in [0.15, 0.2) is 0 Å². The van der Waals surface area contributed by atoms with Gasteiger partial charge >= 0.3 is 0 Å². The second-order valence-corrected chi connectivity index (χ2v) is 5.64. The molecule has 5 nitrogen and oxygen atoms in total. The van der Waals surface area contributed by atoms with Gasteiger partial charge in [-0.25, -0.2) is 12.8 Å². The third kappa shape index (κ3) is 2.83. The molecule has 20 heavy (non-hydrogen) atoms. The van der Waals surface area contributed by atoms with E-state index >= 15 is 0 Å². The van der Waals surface area contributed by atoms with Crippen LogP contribution in [-0.2, 0) is 10.0 Å². The first kappa shape index (κ1) is 14.1. The minimum Gasteiger partial charge on any atom is -0.495 e. The Balaban J connectivity index is 2.38. The molecule has 0 saturated heterocycles. The Kier molecular flexibility index (Phi) is 3.80. The number of nitrogens with one attached hydrogen (secondary N) is 1. The smallest absolute Gasteiger partial charge is 0.265 e. The summed E-state index contributed by atoms with van der Waals surface area (Å²) in [5, 5.41) is 0. The van der Waals surface area contributed by atoms with Crippen molar-refractivity contribution < 1.29 is 17.5 Å². The van der Waals surface area contributed by atoms with Crippen LogP contribution in [0.25, 0.3) is 0 Å². The van der Waals surface area contributed by atoms with E-state index in [1.807, 2.05) is 0 Å². The van der Waals surface area contributed by atoms with Gasteiger partial charge in [-0.3, -0.25) is 4.72 Å². The normalized spacial score (nSPS) is 11.1. The monoisotopic (exact) mass is 296 g/mol. The summed E-state index contributed by atoms with van der Waals surface area (Å²) in [6.07, 6.45) is 0. The molecule has 0 saturated carbocycles. The molecule has 0 aliphatic rings. The van der Waals surface area contributed by atoms with Crippen LogP contribution in [0.1, 0.15) is 0 Å². The Morgan fingerprint density at radius 2 is 1.90 bits per heavy atom. The van der Waals surface area contributed by atoms with Crippen LogP contribution in [0.2, 0.25) is 0 Å².